The van der Waals surface area contributed by atoms with Crippen LogP contribution >= 0.6 is 11.3 Å². The van der Waals surface area contributed by atoms with Crippen LogP contribution in [0.1, 0.15) is 0 Å². The van der Waals surface area contributed by atoms with E-state index in [4.69, 9.17) is 19.9 Å². The van der Waals surface area contributed by atoms with Crippen molar-refractivity contribution in [1.29, 1.82) is 0 Å². The number of benzene rings is 8. The van der Waals surface area contributed by atoms with E-state index in [1.165, 1.54) is 41.9 Å². The van der Waals surface area contributed by atoms with Crippen LogP contribution in [0.25, 0.3) is 110 Å². The van der Waals surface area contributed by atoms with E-state index >= 15 is 0 Å². The fraction of sp³-hybridized carbons (Fsp3) is 0. The van der Waals surface area contributed by atoms with Gasteiger partial charge in [-0.3, -0.25) is 0 Å². The summed E-state index contributed by atoms with van der Waals surface area (Å²) in [5, 5.41) is 6.12. The Hall–Kier alpha value is -7.34. The summed E-state index contributed by atoms with van der Waals surface area (Å²) in [6.45, 7) is 0. The minimum Gasteiger partial charge on any atom is -0.247 e. The topological polar surface area (TPSA) is 51.6 Å². The van der Waals surface area contributed by atoms with E-state index in [-0.39, 0.29) is 0 Å². The van der Waals surface area contributed by atoms with Gasteiger partial charge in [-0.1, -0.05) is 182 Å². The van der Waals surface area contributed by atoms with Crippen LogP contribution in [0.4, 0.5) is 0 Å². The van der Waals surface area contributed by atoms with E-state index in [1.54, 1.807) is 0 Å². The molecule has 5 heteroatoms. The second kappa shape index (κ2) is 13.7. The summed E-state index contributed by atoms with van der Waals surface area (Å²) in [5.41, 5.74) is 10.5. The minimum atomic E-state index is 0.633. The highest BCUT2D eigenvalue weighted by Gasteiger charge is 2.19. The second-order valence-corrected chi connectivity index (χ2v) is 15.2. The van der Waals surface area contributed by atoms with Crippen LogP contribution in [0.5, 0.6) is 0 Å². The normalized spacial score (nSPS) is 11.5. The predicted molar refractivity (Wildman–Crippen MR) is 238 cm³/mol. The number of fused-ring (bicyclic) bond motifs is 7. The third-order valence-electron chi connectivity index (χ3n) is 10.7. The van der Waals surface area contributed by atoms with E-state index in [2.05, 4.69) is 152 Å². The van der Waals surface area contributed by atoms with Gasteiger partial charge in [-0.15, -0.1) is 11.3 Å². The summed E-state index contributed by atoms with van der Waals surface area (Å²) in [4.78, 5) is 20.4. The first-order chi connectivity index (χ1) is 28.3. The fourth-order valence-corrected chi connectivity index (χ4v) is 9.35. The van der Waals surface area contributed by atoms with Crippen LogP contribution in [0.3, 0.4) is 0 Å². The van der Waals surface area contributed by atoms with Crippen LogP contribution in [-0.2, 0) is 0 Å². The van der Waals surface area contributed by atoms with E-state index < -0.39 is 0 Å². The lowest BCUT2D eigenvalue weighted by atomic mass is 9.95. The third-order valence-corrected chi connectivity index (χ3v) is 11.9. The number of rotatable bonds is 6. The molecule has 3 aromatic heterocycles. The smallest absolute Gasteiger partial charge is 0.164 e. The Morgan fingerprint density at radius 2 is 0.825 bits per heavy atom. The molecule has 0 bridgehead atoms. The summed E-state index contributed by atoms with van der Waals surface area (Å²) in [7, 11) is 0. The SMILES string of the molecule is c1ccc(-c2nc(-c3ccc(-c4cccc5sc6c(ccc7c(-c8ccccc8)nc8ccccc8c76)c45)cc3)nc(-c3ccccc3-c3ccccc3)n2)cc1. The van der Waals surface area contributed by atoms with Crippen LogP contribution in [0.15, 0.2) is 194 Å². The Morgan fingerprint density at radius 3 is 1.56 bits per heavy atom. The van der Waals surface area contributed by atoms with E-state index in [1.807, 2.05) is 53.8 Å². The van der Waals surface area contributed by atoms with Crippen molar-refractivity contribution in [1.82, 2.24) is 19.9 Å². The minimum absolute atomic E-state index is 0.633. The molecule has 0 amide bonds. The van der Waals surface area contributed by atoms with Crippen molar-refractivity contribution in [3.8, 4) is 67.7 Å². The van der Waals surface area contributed by atoms with Crippen LogP contribution in [0.2, 0.25) is 0 Å². The van der Waals surface area contributed by atoms with Gasteiger partial charge in [0.15, 0.2) is 17.5 Å². The van der Waals surface area contributed by atoms with Crippen molar-refractivity contribution in [3.63, 3.8) is 0 Å². The Morgan fingerprint density at radius 1 is 0.298 bits per heavy atom. The van der Waals surface area contributed by atoms with Crippen molar-refractivity contribution < 1.29 is 0 Å². The molecule has 0 unspecified atom stereocenters. The van der Waals surface area contributed by atoms with Gasteiger partial charge in [-0.05, 0) is 34.4 Å². The van der Waals surface area contributed by atoms with Crippen molar-refractivity contribution in [2.45, 2.75) is 0 Å². The zero-order valence-electron chi connectivity index (χ0n) is 30.7. The molecule has 266 valence electrons. The fourth-order valence-electron chi connectivity index (χ4n) is 8.06. The predicted octanol–water partition coefficient (Wildman–Crippen LogP) is 13.9. The lowest BCUT2D eigenvalue weighted by Crippen LogP contribution is -2.01. The molecule has 0 aliphatic heterocycles. The molecule has 8 aromatic carbocycles. The average molecular weight is 745 g/mol. The molecule has 0 spiro atoms. The van der Waals surface area contributed by atoms with Crippen LogP contribution < -0.4 is 0 Å². The number of nitrogens with zero attached hydrogens (tertiary/aromatic N) is 4. The molecule has 0 saturated carbocycles. The maximum atomic E-state index is 5.19. The molecule has 0 fully saturated rings. The Bertz CT molecular complexity index is 3270. The largest absolute Gasteiger partial charge is 0.247 e. The lowest BCUT2D eigenvalue weighted by Gasteiger charge is -2.12. The molecule has 0 aliphatic carbocycles. The summed E-state index contributed by atoms with van der Waals surface area (Å²) in [6.07, 6.45) is 0. The maximum Gasteiger partial charge on any atom is 0.164 e. The summed E-state index contributed by atoms with van der Waals surface area (Å²) < 4.78 is 2.54. The number of pyridine rings is 1. The highest BCUT2D eigenvalue weighted by atomic mass is 32.1. The van der Waals surface area contributed by atoms with Crippen LogP contribution in [-0.4, -0.2) is 19.9 Å². The first-order valence-corrected chi connectivity index (χ1v) is 19.9. The molecule has 4 nitrogen and oxygen atoms in total. The second-order valence-electron chi connectivity index (χ2n) is 14.2. The number of aromatic nitrogens is 4. The maximum absolute atomic E-state index is 5.19. The lowest BCUT2D eigenvalue weighted by molar-refractivity contribution is 1.07. The van der Waals surface area contributed by atoms with Crippen molar-refractivity contribution in [2.75, 3.05) is 0 Å². The van der Waals surface area contributed by atoms with Crippen molar-refractivity contribution in [2.24, 2.45) is 0 Å². The van der Waals surface area contributed by atoms with Gasteiger partial charge in [0.2, 0.25) is 0 Å². The van der Waals surface area contributed by atoms with Gasteiger partial charge in [0.1, 0.15) is 0 Å². The molecule has 0 aliphatic rings. The van der Waals surface area contributed by atoms with Gasteiger partial charge in [-0.2, -0.15) is 0 Å². The molecule has 57 heavy (non-hydrogen) atoms. The van der Waals surface area contributed by atoms with Gasteiger partial charge in [0, 0.05) is 58.6 Å². The molecule has 0 radical (unpaired) electrons. The highest BCUT2D eigenvalue weighted by Crippen LogP contribution is 2.46. The number of hydrogen-bond acceptors (Lipinski definition) is 5. The Kier molecular flexibility index (Phi) is 7.97. The first-order valence-electron chi connectivity index (χ1n) is 19.1. The number of thiophene rings is 1. The molecule has 3 heterocycles. The average Bonchev–Trinajstić information content (AvgIpc) is 3.69. The molecule has 0 N–H and O–H groups in total. The molecule has 0 saturated heterocycles. The van der Waals surface area contributed by atoms with Gasteiger partial charge in [0.25, 0.3) is 0 Å². The monoisotopic (exact) mass is 744 g/mol. The molecular formula is C52H32N4S. The van der Waals surface area contributed by atoms with Gasteiger partial charge in [-0.25, -0.2) is 19.9 Å². The summed E-state index contributed by atoms with van der Waals surface area (Å²) in [6, 6.07) is 67.8. The van der Waals surface area contributed by atoms with E-state index in [0.717, 1.165) is 50.2 Å². The van der Waals surface area contributed by atoms with Gasteiger partial charge >= 0.3 is 0 Å². The quantitative estimate of drug-likeness (QED) is 0.159. The highest BCUT2D eigenvalue weighted by molar-refractivity contribution is 7.27. The Balaban J connectivity index is 1.05. The molecule has 11 aromatic rings. The number of para-hydroxylation sites is 1. The Labute approximate surface area is 333 Å². The standard InChI is InChI=1S/C52H32N4S/c1-4-15-33(16-5-1)38-21-10-11-22-40(38)52-55-50(36-19-8-3-9-20-36)54-51(56-52)37-29-27-34(28-30-37)39-24-14-26-45-46(39)43-32-31-42-47(49(43)57-45)41-23-12-13-25-44(41)53-48(42)35-17-6-2-7-18-35/h1-32H. The molecule has 0 atom stereocenters. The van der Waals surface area contributed by atoms with Crippen LogP contribution in [0, 0.1) is 0 Å². The zero-order valence-corrected chi connectivity index (χ0v) is 31.5. The van der Waals surface area contributed by atoms with E-state index in [9.17, 15) is 0 Å². The summed E-state index contributed by atoms with van der Waals surface area (Å²) >= 11 is 1.86. The van der Waals surface area contributed by atoms with Crippen molar-refractivity contribution in [3.05, 3.63) is 194 Å². The number of hydrogen-bond donors (Lipinski definition) is 0. The van der Waals surface area contributed by atoms with E-state index in [0.29, 0.717) is 17.5 Å². The molecular weight excluding hydrogens is 713 g/mol. The summed E-state index contributed by atoms with van der Waals surface area (Å²) in [5.74, 6) is 1.92. The van der Waals surface area contributed by atoms with Crippen molar-refractivity contribution >= 4 is 53.2 Å². The third kappa shape index (κ3) is 5.76. The molecule has 11 rings (SSSR count). The van der Waals surface area contributed by atoms with Gasteiger partial charge in [0.05, 0.1) is 11.2 Å². The van der Waals surface area contributed by atoms with Gasteiger partial charge < -0.3 is 0 Å². The zero-order chi connectivity index (χ0) is 37.7. The first kappa shape index (κ1) is 33.0.